The Kier molecular flexibility index (Phi) is 4.17. The average Bonchev–Trinajstić information content (AvgIpc) is 2.96. The van der Waals surface area contributed by atoms with Crippen molar-refractivity contribution in [3.05, 3.63) is 46.5 Å². The van der Waals surface area contributed by atoms with Gasteiger partial charge in [-0.15, -0.1) is 0 Å². The highest BCUT2D eigenvalue weighted by Crippen LogP contribution is 2.33. The molecule has 1 aliphatic heterocycles. The topological polar surface area (TPSA) is 55.6 Å². The molecule has 5 nitrogen and oxygen atoms in total. The van der Waals surface area contributed by atoms with E-state index in [4.69, 9.17) is 11.6 Å². The van der Waals surface area contributed by atoms with E-state index in [-0.39, 0.29) is 5.92 Å². The third-order valence-electron chi connectivity index (χ3n) is 4.77. The second-order valence-corrected chi connectivity index (χ2v) is 6.92. The second-order valence-electron chi connectivity index (χ2n) is 6.54. The fourth-order valence-corrected chi connectivity index (χ4v) is 3.80. The van der Waals surface area contributed by atoms with Crippen LogP contribution in [0.15, 0.2) is 24.4 Å². The quantitative estimate of drug-likeness (QED) is 0.711. The predicted molar refractivity (Wildman–Crippen MR) is 96.3 cm³/mol. The molecule has 1 N–H and O–H groups in total. The van der Waals surface area contributed by atoms with Gasteiger partial charge in [0.25, 0.3) is 0 Å². The van der Waals surface area contributed by atoms with E-state index in [1.807, 2.05) is 13.0 Å². The molecule has 3 aromatic rings. The van der Waals surface area contributed by atoms with Gasteiger partial charge >= 0.3 is 0 Å². The van der Waals surface area contributed by atoms with Gasteiger partial charge < -0.3 is 5.32 Å². The lowest BCUT2D eigenvalue weighted by Gasteiger charge is -2.28. The minimum absolute atomic E-state index is 0.0928. The smallest absolute Gasteiger partial charge is 0.159 e. The maximum atomic E-state index is 14.4. The van der Waals surface area contributed by atoms with Crippen LogP contribution in [-0.4, -0.2) is 39.0 Å². The number of nitrogens with zero attached hydrogens (tertiary/aromatic N) is 4. The number of nitrogens with one attached hydrogen (secondary N) is 1. The van der Waals surface area contributed by atoms with Crippen LogP contribution in [-0.2, 0) is 0 Å². The number of aryl methyl sites for hydroxylation is 2. The molecule has 7 heteroatoms. The molecule has 2 atom stereocenters. The number of fused-ring (bicyclic) bond motifs is 1. The van der Waals surface area contributed by atoms with Crippen molar-refractivity contribution in [2.45, 2.75) is 32.4 Å². The molecule has 4 rings (SSSR count). The highest BCUT2D eigenvalue weighted by molar-refractivity contribution is 6.29. The van der Waals surface area contributed by atoms with E-state index in [1.165, 1.54) is 0 Å². The molecule has 1 saturated heterocycles. The van der Waals surface area contributed by atoms with Gasteiger partial charge in [0.2, 0.25) is 0 Å². The summed E-state index contributed by atoms with van der Waals surface area (Å²) in [6.45, 7) is 5.07. The van der Waals surface area contributed by atoms with Crippen LogP contribution in [0.5, 0.6) is 0 Å². The summed E-state index contributed by atoms with van der Waals surface area (Å²) >= 11 is 6.07. The standard InChI is InChI=1S/C18H19ClFN5/c1-10-5-12-8-22-25(18-7-17(19)23-11(2)24-18)16(12)6-14(10)13-3-4-21-9-15(13)20/h5-8,13,15,21H,3-4,9H2,1-2H3. The Balaban J connectivity index is 1.86. The van der Waals surface area contributed by atoms with Crippen LogP contribution < -0.4 is 5.32 Å². The first kappa shape index (κ1) is 16.4. The summed E-state index contributed by atoms with van der Waals surface area (Å²) in [5.41, 5.74) is 3.04. The number of hydrogen-bond donors (Lipinski definition) is 1. The number of aromatic nitrogens is 4. The molecule has 0 radical (unpaired) electrons. The Bertz CT molecular complexity index is 918. The number of piperidine rings is 1. The number of halogens is 2. The molecular weight excluding hydrogens is 341 g/mol. The minimum atomic E-state index is -0.878. The third kappa shape index (κ3) is 3.00. The van der Waals surface area contributed by atoms with Crippen LogP contribution in [0, 0.1) is 13.8 Å². The zero-order valence-electron chi connectivity index (χ0n) is 14.1. The fraction of sp³-hybridized carbons (Fsp3) is 0.389. The minimum Gasteiger partial charge on any atom is -0.314 e. The van der Waals surface area contributed by atoms with Crippen molar-refractivity contribution < 1.29 is 4.39 Å². The second kappa shape index (κ2) is 6.35. The Morgan fingerprint density at radius 2 is 2.08 bits per heavy atom. The number of benzene rings is 1. The van der Waals surface area contributed by atoms with Crippen molar-refractivity contribution in [2.75, 3.05) is 13.1 Å². The molecule has 1 aromatic carbocycles. The molecule has 25 heavy (non-hydrogen) atoms. The fourth-order valence-electron chi connectivity index (χ4n) is 3.58. The zero-order chi connectivity index (χ0) is 17.6. The van der Waals surface area contributed by atoms with Crippen molar-refractivity contribution in [1.82, 2.24) is 25.1 Å². The zero-order valence-corrected chi connectivity index (χ0v) is 14.9. The molecule has 0 spiro atoms. The van der Waals surface area contributed by atoms with Crippen LogP contribution in [0.1, 0.15) is 29.3 Å². The molecule has 0 amide bonds. The normalized spacial score (nSPS) is 21.0. The van der Waals surface area contributed by atoms with Crippen LogP contribution >= 0.6 is 11.6 Å². The molecule has 0 saturated carbocycles. The molecule has 1 fully saturated rings. The van der Waals surface area contributed by atoms with Crippen LogP contribution in [0.25, 0.3) is 16.7 Å². The summed E-state index contributed by atoms with van der Waals surface area (Å²) < 4.78 is 16.2. The largest absolute Gasteiger partial charge is 0.314 e. The summed E-state index contributed by atoms with van der Waals surface area (Å²) in [4.78, 5) is 8.52. The maximum Gasteiger partial charge on any atom is 0.159 e. The lowest BCUT2D eigenvalue weighted by atomic mass is 9.85. The number of alkyl halides is 1. The Morgan fingerprint density at radius 3 is 2.84 bits per heavy atom. The van der Waals surface area contributed by atoms with Crippen molar-refractivity contribution in [2.24, 2.45) is 0 Å². The van der Waals surface area contributed by atoms with Crippen LogP contribution in [0.3, 0.4) is 0 Å². The van der Waals surface area contributed by atoms with E-state index in [9.17, 15) is 4.39 Å². The molecule has 3 heterocycles. The molecule has 2 unspecified atom stereocenters. The molecule has 1 aliphatic rings. The first-order valence-electron chi connectivity index (χ1n) is 8.37. The molecule has 130 valence electrons. The Hall–Kier alpha value is -2.05. The van der Waals surface area contributed by atoms with Crippen molar-refractivity contribution in [1.29, 1.82) is 0 Å². The first-order chi connectivity index (χ1) is 12.0. The van der Waals surface area contributed by atoms with Crippen molar-refractivity contribution >= 4 is 22.5 Å². The monoisotopic (exact) mass is 359 g/mol. The van der Waals surface area contributed by atoms with Crippen LogP contribution in [0.4, 0.5) is 4.39 Å². The SMILES string of the molecule is Cc1nc(Cl)cc(-n2ncc3cc(C)c(C4CCNCC4F)cc32)n1. The van der Waals surface area contributed by atoms with Gasteiger partial charge in [0.05, 0.1) is 11.7 Å². The summed E-state index contributed by atoms with van der Waals surface area (Å²) in [5.74, 6) is 1.11. The van der Waals surface area contributed by atoms with Gasteiger partial charge in [0.1, 0.15) is 17.1 Å². The summed E-state index contributed by atoms with van der Waals surface area (Å²) in [5, 5.41) is 8.94. The molecule has 0 bridgehead atoms. The summed E-state index contributed by atoms with van der Waals surface area (Å²) in [7, 11) is 0. The van der Waals surface area contributed by atoms with Crippen molar-refractivity contribution in [3.63, 3.8) is 0 Å². The Labute approximate surface area is 150 Å². The van der Waals surface area contributed by atoms with Gasteiger partial charge in [0, 0.05) is 23.9 Å². The first-order valence-corrected chi connectivity index (χ1v) is 8.75. The Morgan fingerprint density at radius 1 is 1.24 bits per heavy atom. The molecule has 2 aromatic heterocycles. The highest BCUT2D eigenvalue weighted by atomic mass is 35.5. The van der Waals surface area contributed by atoms with Gasteiger partial charge in [-0.25, -0.2) is 19.0 Å². The van der Waals surface area contributed by atoms with E-state index >= 15 is 0 Å². The van der Waals surface area contributed by atoms with Gasteiger partial charge in [-0.3, -0.25) is 0 Å². The molecule has 0 aliphatic carbocycles. The van der Waals surface area contributed by atoms with Gasteiger partial charge in [-0.2, -0.15) is 5.10 Å². The number of hydrogen-bond acceptors (Lipinski definition) is 4. The average molecular weight is 360 g/mol. The predicted octanol–water partition coefficient (Wildman–Crippen LogP) is 3.50. The van der Waals surface area contributed by atoms with Crippen LogP contribution in [0.2, 0.25) is 5.15 Å². The highest BCUT2D eigenvalue weighted by Gasteiger charge is 2.28. The van der Waals surface area contributed by atoms with Crippen molar-refractivity contribution in [3.8, 4) is 5.82 Å². The van der Waals surface area contributed by atoms with E-state index in [0.717, 1.165) is 35.0 Å². The van der Waals surface area contributed by atoms with E-state index in [0.29, 0.717) is 23.3 Å². The summed E-state index contributed by atoms with van der Waals surface area (Å²) in [6, 6.07) is 5.80. The van der Waals surface area contributed by atoms with Gasteiger partial charge in [-0.05, 0) is 50.1 Å². The van der Waals surface area contributed by atoms with E-state index in [2.05, 4.69) is 26.4 Å². The number of rotatable bonds is 2. The lowest BCUT2D eigenvalue weighted by Crippen LogP contribution is -2.36. The van der Waals surface area contributed by atoms with E-state index in [1.54, 1.807) is 23.9 Å². The third-order valence-corrected chi connectivity index (χ3v) is 4.97. The lowest BCUT2D eigenvalue weighted by molar-refractivity contribution is 0.231. The van der Waals surface area contributed by atoms with Gasteiger partial charge in [0.15, 0.2) is 5.82 Å². The molecular formula is C18H19ClFN5. The van der Waals surface area contributed by atoms with Gasteiger partial charge in [-0.1, -0.05) is 11.6 Å². The maximum absolute atomic E-state index is 14.4. The van der Waals surface area contributed by atoms with E-state index < -0.39 is 6.17 Å². The summed E-state index contributed by atoms with van der Waals surface area (Å²) in [6.07, 6.45) is 1.71.